The maximum atomic E-state index is 13.0. The molecule has 0 saturated heterocycles. The molecule has 0 aliphatic heterocycles. The largest absolute Gasteiger partial charge is 0.456 e. The number of aliphatic hydroxyl groups is 1. The molecule has 0 amide bonds. The standard InChI is InChI=1S/C14H10FNO2/c15-12-4-5-14(11(7-12)8-16)18-13-3-1-2-10(6-13)9-17/h1-7,17H,9H2. The van der Waals surface area contributed by atoms with Crippen LogP contribution in [-0.2, 0) is 6.61 Å². The van der Waals surface area contributed by atoms with Gasteiger partial charge in [-0.25, -0.2) is 4.39 Å². The van der Waals surface area contributed by atoms with Crippen molar-refractivity contribution in [2.24, 2.45) is 0 Å². The van der Waals surface area contributed by atoms with Crippen LogP contribution in [-0.4, -0.2) is 5.11 Å². The molecule has 18 heavy (non-hydrogen) atoms. The second-order valence-corrected chi connectivity index (χ2v) is 3.66. The van der Waals surface area contributed by atoms with E-state index in [4.69, 9.17) is 15.1 Å². The third-order valence-corrected chi connectivity index (χ3v) is 2.37. The van der Waals surface area contributed by atoms with Crippen molar-refractivity contribution in [1.29, 1.82) is 5.26 Å². The first-order valence-corrected chi connectivity index (χ1v) is 5.30. The van der Waals surface area contributed by atoms with Crippen LogP contribution in [0.5, 0.6) is 11.5 Å². The maximum Gasteiger partial charge on any atom is 0.145 e. The molecule has 2 rings (SSSR count). The Morgan fingerprint density at radius 1 is 1.22 bits per heavy atom. The van der Waals surface area contributed by atoms with E-state index in [1.54, 1.807) is 24.3 Å². The van der Waals surface area contributed by atoms with Gasteiger partial charge in [0.05, 0.1) is 12.2 Å². The van der Waals surface area contributed by atoms with E-state index >= 15 is 0 Å². The first-order valence-electron chi connectivity index (χ1n) is 5.30. The summed E-state index contributed by atoms with van der Waals surface area (Å²) in [6.07, 6.45) is 0. The summed E-state index contributed by atoms with van der Waals surface area (Å²) in [6, 6.07) is 12.5. The Kier molecular flexibility index (Phi) is 3.56. The van der Waals surface area contributed by atoms with Gasteiger partial charge in [0.1, 0.15) is 23.4 Å². The summed E-state index contributed by atoms with van der Waals surface area (Å²) in [5.41, 5.74) is 0.831. The lowest BCUT2D eigenvalue weighted by atomic mass is 10.2. The highest BCUT2D eigenvalue weighted by Gasteiger charge is 2.06. The third kappa shape index (κ3) is 2.65. The summed E-state index contributed by atoms with van der Waals surface area (Å²) in [6.45, 7) is -0.0915. The van der Waals surface area contributed by atoms with Crippen molar-refractivity contribution in [2.45, 2.75) is 6.61 Å². The average molecular weight is 243 g/mol. The number of aliphatic hydroxyl groups excluding tert-OH is 1. The molecule has 90 valence electrons. The molecule has 2 aromatic carbocycles. The van der Waals surface area contributed by atoms with E-state index in [2.05, 4.69) is 0 Å². The van der Waals surface area contributed by atoms with Crippen molar-refractivity contribution in [2.75, 3.05) is 0 Å². The molecule has 1 N–H and O–H groups in total. The minimum atomic E-state index is -0.483. The quantitative estimate of drug-likeness (QED) is 0.901. The normalized spacial score (nSPS) is 9.83. The van der Waals surface area contributed by atoms with Crippen LogP contribution in [0.25, 0.3) is 0 Å². The summed E-state index contributed by atoms with van der Waals surface area (Å²) in [5, 5.41) is 17.9. The lowest BCUT2D eigenvalue weighted by Gasteiger charge is -2.08. The molecule has 0 aliphatic rings. The van der Waals surface area contributed by atoms with Crippen LogP contribution < -0.4 is 4.74 Å². The molecular weight excluding hydrogens is 233 g/mol. The highest BCUT2D eigenvalue weighted by molar-refractivity contribution is 5.45. The van der Waals surface area contributed by atoms with Crippen molar-refractivity contribution in [1.82, 2.24) is 0 Å². The Balaban J connectivity index is 2.31. The molecule has 2 aromatic rings. The fourth-order valence-electron chi connectivity index (χ4n) is 1.51. The van der Waals surface area contributed by atoms with Gasteiger partial charge in [-0.2, -0.15) is 5.26 Å². The summed E-state index contributed by atoms with van der Waals surface area (Å²) in [4.78, 5) is 0. The monoisotopic (exact) mass is 243 g/mol. The number of ether oxygens (including phenoxy) is 1. The van der Waals surface area contributed by atoms with Gasteiger partial charge in [-0.3, -0.25) is 0 Å². The molecule has 0 radical (unpaired) electrons. The van der Waals surface area contributed by atoms with E-state index in [0.29, 0.717) is 11.3 Å². The van der Waals surface area contributed by atoms with Crippen LogP contribution >= 0.6 is 0 Å². The number of nitriles is 1. The zero-order valence-electron chi connectivity index (χ0n) is 9.43. The summed E-state index contributed by atoms with van der Waals surface area (Å²) < 4.78 is 18.4. The fraction of sp³-hybridized carbons (Fsp3) is 0.0714. The Hall–Kier alpha value is -2.38. The van der Waals surface area contributed by atoms with Gasteiger partial charge >= 0.3 is 0 Å². The van der Waals surface area contributed by atoms with Gasteiger partial charge in [0.2, 0.25) is 0 Å². The Morgan fingerprint density at radius 3 is 2.78 bits per heavy atom. The van der Waals surface area contributed by atoms with Crippen LogP contribution in [0, 0.1) is 17.1 Å². The topological polar surface area (TPSA) is 53.2 Å². The molecule has 0 atom stereocenters. The summed E-state index contributed by atoms with van der Waals surface area (Å²) in [7, 11) is 0. The van der Waals surface area contributed by atoms with E-state index < -0.39 is 5.82 Å². The van der Waals surface area contributed by atoms with Crippen molar-refractivity contribution in [3.63, 3.8) is 0 Å². The zero-order chi connectivity index (χ0) is 13.0. The molecule has 0 heterocycles. The lowest BCUT2D eigenvalue weighted by Crippen LogP contribution is -1.91. The van der Waals surface area contributed by atoms with Crippen LogP contribution in [0.15, 0.2) is 42.5 Å². The van der Waals surface area contributed by atoms with Gasteiger partial charge in [-0.15, -0.1) is 0 Å². The fourth-order valence-corrected chi connectivity index (χ4v) is 1.51. The smallest absolute Gasteiger partial charge is 0.145 e. The number of halogens is 1. The van der Waals surface area contributed by atoms with Crippen molar-refractivity contribution in [3.05, 3.63) is 59.4 Å². The molecule has 0 saturated carbocycles. The molecule has 0 bridgehead atoms. The van der Waals surface area contributed by atoms with Crippen LogP contribution in [0.3, 0.4) is 0 Å². The van der Waals surface area contributed by atoms with Crippen molar-refractivity contribution >= 4 is 0 Å². The molecular formula is C14H10FNO2. The number of rotatable bonds is 3. The van der Waals surface area contributed by atoms with Gasteiger partial charge in [-0.1, -0.05) is 12.1 Å². The minimum absolute atomic E-state index is 0.0915. The van der Waals surface area contributed by atoms with E-state index in [1.165, 1.54) is 12.1 Å². The Bertz CT molecular complexity index is 605. The number of hydrogen-bond acceptors (Lipinski definition) is 3. The molecule has 0 fully saturated rings. The second-order valence-electron chi connectivity index (χ2n) is 3.66. The van der Waals surface area contributed by atoms with Gasteiger partial charge < -0.3 is 9.84 Å². The Morgan fingerprint density at radius 2 is 2.06 bits per heavy atom. The predicted molar refractivity (Wildman–Crippen MR) is 63.6 cm³/mol. The van der Waals surface area contributed by atoms with E-state index in [9.17, 15) is 4.39 Å². The summed E-state index contributed by atoms with van der Waals surface area (Å²) in [5.74, 6) is 0.293. The maximum absolute atomic E-state index is 13.0. The van der Waals surface area contributed by atoms with Gasteiger partial charge in [0.15, 0.2) is 0 Å². The van der Waals surface area contributed by atoms with E-state index in [-0.39, 0.29) is 17.9 Å². The first-order chi connectivity index (χ1) is 8.72. The van der Waals surface area contributed by atoms with E-state index in [0.717, 1.165) is 6.07 Å². The third-order valence-electron chi connectivity index (χ3n) is 2.37. The van der Waals surface area contributed by atoms with Crippen molar-refractivity contribution < 1.29 is 14.2 Å². The molecule has 0 aromatic heterocycles. The minimum Gasteiger partial charge on any atom is -0.456 e. The predicted octanol–water partition coefficient (Wildman–Crippen LogP) is 2.98. The van der Waals surface area contributed by atoms with Crippen molar-refractivity contribution in [3.8, 4) is 17.6 Å². The molecule has 0 aliphatic carbocycles. The summed E-state index contributed by atoms with van der Waals surface area (Å²) >= 11 is 0. The highest BCUT2D eigenvalue weighted by atomic mass is 19.1. The van der Waals surface area contributed by atoms with Crippen LogP contribution in [0.1, 0.15) is 11.1 Å². The lowest BCUT2D eigenvalue weighted by molar-refractivity contribution is 0.281. The first kappa shape index (κ1) is 12.1. The van der Waals surface area contributed by atoms with Gasteiger partial charge in [0.25, 0.3) is 0 Å². The number of hydrogen-bond donors (Lipinski definition) is 1. The number of benzene rings is 2. The van der Waals surface area contributed by atoms with E-state index in [1.807, 2.05) is 6.07 Å². The average Bonchev–Trinajstić information content (AvgIpc) is 2.41. The molecule has 0 unspecified atom stereocenters. The Labute approximate surface area is 104 Å². The molecule has 3 nitrogen and oxygen atoms in total. The SMILES string of the molecule is N#Cc1cc(F)ccc1Oc1cccc(CO)c1. The van der Waals surface area contributed by atoms with Crippen LogP contribution in [0.4, 0.5) is 4.39 Å². The molecule has 0 spiro atoms. The van der Waals surface area contributed by atoms with Gasteiger partial charge in [0, 0.05) is 0 Å². The second kappa shape index (κ2) is 5.30. The highest BCUT2D eigenvalue weighted by Crippen LogP contribution is 2.26. The molecule has 4 heteroatoms. The van der Waals surface area contributed by atoms with Gasteiger partial charge in [-0.05, 0) is 35.9 Å². The van der Waals surface area contributed by atoms with Crippen LogP contribution in [0.2, 0.25) is 0 Å². The number of nitrogens with zero attached hydrogens (tertiary/aromatic N) is 1. The zero-order valence-corrected chi connectivity index (χ0v) is 9.43.